The molecule has 0 radical (unpaired) electrons. The van der Waals surface area contributed by atoms with Gasteiger partial charge in [-0.15, -0.1) is 0 Å². The third-order valence-electron chi connectivity index (χ3n) is 2.17. The first-order valence-corrected chi connectivity index (χ1v) is 4.15. The Hall–Kier alpha value is -1.52. The van der Waals surface area contributed by atoms with Gasteiger partial charge in [0.1, 0.15) is 0 Å². The van der Waals surface area contributed by atoms with E-state index in [1.165, 1.54) is 7.11 Å². The van der Waals surface area contributed by atoms with E-state index in [0.29, 0.717) is 13.1 Å². The molecule has 70 valence electrons. The van der Waals surface area contributed by atoms with Gasteiger partial charge in [0.25, 0.3) is 0 Å². The summed E-state index contributed by atoms with van der Waals surface area (Å²) in [6.45, 7) is 2.01. The Kier molecular flexibility index (Phi) is 1.92. The van der Waals surface area contributed by atoms with Gasteiger partial charge in [-0.1, -0.05) is 0 Å². The first kappa shape index (κ1) is 8.10. The molecule has 5 nitrogen and oxygen atoms in total. The fraction of sp³-hybridized carbons (Fsp3) is 0.500. The molecule has 1 aromatic heterocycles. The third kappa shape index (κ3) is 1.37. The molecule has 0 fully saturated rings. The average Bonchev–Trinajstić information content (AvgIpc) is 2.63. The summed E-state index contributed by atoms with van der Waals surface area (Å²) < 4.78 is 6.54. The van der Waals surface area contributed by atoms with Crippen LogP contribution in [0.1, 0.15) is 5.69 Å². The lowest BCUT2D eigenvalue weighted by Crippen LogP contribution is -2.38. The zero-order valence-electron chi connectivity index (χ0n) is 7.43. The van der Waals surface area contributed by atoms with Crippen molar-refractivity contribution in [3.8, 4) is 0 Å². The second kappa shape index (κ2) is 3.08. The number of nitrogens with zero attached hydrogens (tertiary/aromatic N) is 3. The summed E-state index contributed by atoms with van der Waals surface area (Å²) in [5.74, 6) is 0. The van der Waals surface area contributed by atoms with Crippen molar-refractivity contribution in [2.75, 3.05) is 13.7 Å². The monoisotopic (exact) mass is 181 g/mol. The molecule has 1 aliphatic heterocycles. The number of hydrogen-bond acceptors (Lipinski definition) is 3. The van der Waals surface area contributed by atoms with E-state index in [1.807, 2.05) is 10.7 Å². The highest BCUT2D eigenvalue weighted by atomic mass is 16.5. The van der Waals surface area contributed by atoms with E-state index in [-0.39, 0.29) is 6.09 Å². The van der Waals surface area contributed by atoms with Crippen LogP contribution < -0.4 is 0 Å². The Morgan fingerprint density at radius 2 is 2.46 bits per heavy atom. The van der Waals surface area contributed by atoms with Crippen LogP contribution in [0.25, 0.3) is 0 Å². The first-order chi connectivity index (χ1) is 6.31. The van der Waals surface area contributed by atoms with Crippen molar-refractivity contribution in [2.45, 2.75) is 13.1 Å². The molecule has 0 saturated carbocycles. The molecule has 0 bridgehead atoms. The number of carbonyl (C=O) groups is 1. The normalized spacial score (nSPS) is 15.3. The molecule has 0 unspecified atom stereocenters. The maximum Gasteiger partial charge on any atom is 0.409 e. The lowest BCUT2D eigenvalue weighted by atomic mass is 10.3. The van der Waals surface area contributed by atoms with Crippen LogP contribution in [-0.2, 0) is 17.8 Å². The first-order valence-electron chi connectivity index (χ1n) is 4.15. The highest BCUT2D eigenvalue weighted by Crippen LogP contribution is 2.11. The van der Waals surface area contributed by atoms with Gasteiger partial charge in [0.2, 0.25) is 0 Å². The van der Waals surface area contributed by atoms with Gasteiger partial charge in [0.15, 0.2) is 0 Å². The molecule has 0 aliphatic carbocycles. The quantitative estimate of drug-likeness (QED) is 0.584. The molecule has 0 atom stereocenters. The van der Waals surface area contributed by atoms with Gasteiger partial charge in [0, 0.05) is 12.7 Å². The van der Waals surface area contributed by atoms with Crippen molar-refractivity contribution in [1.82, 2.24) is 14.7 Å². The Morgan fingerprint density at radius 1 is 1.62 bits per heavy atom. The molecule has 1 aliphatic rings. The largest absolute Gasteiger partial charge is 0.453 e. The summed E-state index contributed by atoms with van der Waals surface area (Å²) in [5, 5.41) is 4.11. The molecule has 2 rings (SSSR count). The molecular weight excluding hydrogens is 170 g/mol. The average molecular weight is 181 g/mol. The zero-order valence-corrected chi connectivity index (χ0v) is 7.43. The Balaban J connectivity index is 2.13. The predicted octanol–water partition coefficient (Wildman–Crippen LogP) is 0.465. The molecule has 1 amide bonds. The van der Waals surface area contributed by atoms with Crippen molar-refractivity contribution in [2.24, 2.45) is 0 Å². The second-order valence-corrected chi connectivity index (χ2v) is 2.94. The van der Waals surface area contributed by atoms with Gasteiger partial charge in [-0.2, -0.15) is 5.10 Å². The molecule has 0 spiro atoms. The maximum atomic E-state index is 11.2. The van der Waals surface area contributed by atoms with Crippen LogP contribution in [0.15, 0.2) is 12.3 Å². The van der Waals surface area contributed by atoms with E-state index >= 15 is 0 Å². The van der Waals surface area contributed by atoms with Gasteiger partial charge in [0.05, 0.1) is 25.9 Å². The second-order valence-electron chi connectivity index (χ2n) is 2.94. The standard InChI is InChI=1S/C8H11N3O2/c1-13-8(12)10-4-5-11-7(6-10)2-3-9-11/h2-3H,4-6H2,1H3. The highest BCUT2D eigenvalue weighted by molar-refractivity contribution is 5.67. The Bertz CT molecular complexity index is 321. The Labute approximate surface area is 75.9 Å². The van der Waals surface area contributed by atoms with Crippen molar-refractivity contribution >= 4 is 6.09 Å². The number of hydrogen-bond donors (Lipinski definition) is 0. The van der Waals surface area contributed by atoms with Gasteiger partial charge >= 0.3 is 6.09 Å². The van der Waals surface area contributed by atoms with Crippen LogP contribution in [0.3, 0.4) is 0 Å². The summed E-state index contributed by atoms with van der Waals surface area (Å²) in [5.41, 5.74) is 1.05. The number of fused-ring (bicyclic) bond motifs is 1. The molecule has 0 aromatic carbocycles. The molecular formula is C8H11N3O2. The number of carbonyl (C=O) groups excluding carboxylic acids is 1. The molecule has 2 heterocycles. The SMILES string of the molecule is COC(=O)N1CCn2nccc2C1. The molecule has 0 saturated heterocycles. The number of methoxy groups -OCH3 is 1. The summed E-state index contributed by atoms with van der Waals surface area (Å²) in [4.78, 5) is 12.8. The van der Waals surface area contributed by atoms with E-state index in [2.05, 4.69) is 9.84 Å². The number of rotatable bonds is 0. The van der Waals surface area contributed by atoms with E-state index in [4.69, 9.17) is 0 Å². The molecule has 1 aromatic rings. The minimum absolute atomic E-state index is 0.271. The number of ether oxygens (including phenoxy) is 1. The van der Waals surface area contributed by atoms with Crippen molar-refractivity contribution < 1.29 is 9.53 Å². The van der Waals surface area contributed by atoms with Gasteiger partial charge in [-0.3, -0.25) is 4.68 Å². The van der Waals surface area contributed by atoms with Crippen LogP contribution in [0.5, 0.6) is 0 Å². The highest BCUT2D eigenvalue weighted by Gasteiger charge is 2.20. The predicted molar refractivity (Wildman–Crippen MR) is 45.0 cm³/mol. The van der Waals surface area contributed by atoms with E-state index in [9.17, 15) is 4.79 Å². The summed E-state index contributed by atoms with van der Waals surface area (Å²) in [6.07, 6.45) is 1.48. The van der Waals surface area contributed by atoms with E-state index < -0.39 is 0 Å². The minimum atomic E-state index is -0.271. The van der Waals surface area contributed by atoms with Crippen LogP contribution in [-0.4, -0.2) is 34.4 Å². The molecule has 0 N–H and O–H groups in total. The van der Waals surface area contributed by atoms with Crippen LogP contribution in [0.4, 0.5) is 4.79 Å². The van der Waals surface area contributed by atoms with Crippen molar-refractivity contribution in [3.63, 3.8) is 0 Å². The fourth-order valence-corrected chi connectivity index (χ4v) is 1.47. The fourth-order valence-electron chi connectivity index (χ4n) is 1.47. The van der Waals surface area contributed by atoms with E-state index in [0.717, 1.165) is 12.2 Å². The number of aromatic nitrogens is 2. The lowest BCUT2D eigenvalue weighted by Gasteiger charge is -2.26. The van der Waals surface area contributed by atoms with Crippen molar-refractivity contribution in [1.29, 1.82) is 0 Å². The Morgan fingerprint density at radius 3 is 3.23 bits per heavy atom. The van der Waals surface area contributed by atoms with Gasteiger partial charge < -0.3 is 9.64 Å². The summed E-state index contributed by atoms with van der Waals surface area (Å²) in [6, 6.07) is 1.91. The summed E-state index contributed by atoms with van der Waals surface area (Å²) in [7, 11) is 1.40. The maximum absolute atomic E-state index is 11.2. The van der Waals surface area contributed by atoms with Crippen molar-refractivity contribution in [3.05, 3.63) is 18.0 Å². The minimum Gasteiger partial charge on any atom is -0.453 e. The van der Waals surface area contributed by atoms with Crippen LogP contribution in [0, 0.1) is 0 Å². The van der Waals surface area contributed by atoms with Crippen LogP contribution in [0.2, 0.25) is 0 Å². The zero-order chi connectivity index (χ0) is 9.26. The summed E-state index contributed by atoms with van der Waals surface area (Å²) >= 11 is 0. The number of amides is 1. The van der Waals surface area contributed by atoms with Gasteiger partial charge in [-0.05, 0) is 6.07 Å². The van der Waals surface area contributed by atoms with Crippen LogP contribution >= 0.6 is 0 Å². The lowest BCUT2D eigenvalue weighted by molar-refractivity contribution is 0.111. The third-order valence-corrected chi connectivity index (χ3v) is 2.17. The molecule has 13 heavy (non-hydrogen) atoms. The topological polar surface area (TPSA) is 47.4 Å². The van der Waals surface area contributed by atoms with Gasteiger partial charge in [-0.25, -0.2) is 4.79 Å². The molecule has 5 heteroatoms. The van der Waals surface area contributed by atoms with E-state index in [1.54, 1.807) is 11.1 Å². The smallest absolute Gasteiger partial charge is 0.409 e.